The van der Waals surface area contributed by atoms with Gasteiger partial charge < -0.3 is 23.7 Å². The van der Waals surface area contributed by atoms with Crippen LogP contribution < -0.4 is 0 Å². The first-order valence-corrected chi connectivity index (χ1v) is 14.6. The molecule has 1 unspecified atom stereocenters. The molecule has 3 atom stereocenters. The highest BCUT2D eigenvalue weighted by Crippen LogP contribution is 2.38. The van der Waals surface area contributed by atoms with Crippen LogP contribution in [-0.4, -0.2) is 79.4 Å². The molecule has 0 spiro atoms. The Kier molecular flexibility index (Phi) is 9.52. The molecule has 1 saturated heterocycles. The zero-order valence-electron chi connectivity index (χ0n) is 22.0. The monoisotopic (exact) mass is 557 g/mol. The van der Waals surface area contributed by atoms with Crippen molar-refractivity contribution in [2.24, 2.45) is 11.8 Å². The molecule has 210 valence electrons. The number of carbonyl (C=O) groups excluding carboxylic acids is 3. The van der Waals surface area contributed by atoms with E-state index in [0.717, 1.165) is 48.4 Å². The molecule has 5 rings (SSSR count). The molecule has 2 aliphatic carbocycles. The molecule has 0 radical (unpaired) electrons. The third kappa shape index (κ3) is 6.99. The molecule has 2 fully saturated rings. The average Bonchev–Trinajstić information content (AvgIpc) is 3.53. The number of aliphatic hydroxyl groups excluding tert-OH is 1. The lowest BCUT2D eigenvalue weighted by molar-refractivity contribution is -0.135. The van der Waals surface area contributed by atoms with E-state index in [1.165, 1.54) is 0 Å². The van der Waals surface area contributed by atoms with Crippen LogP contribution >= 0.6 is 11.8 Å². The summed E-state index contributed by atoms with van der Waals surface area (Å²) in [5.74, 6) is -0.733. The molecule has 10 heteroatoms. The Morgan fingerprint density at radius 1 is 1.15 bits per heavy atom. The van der Waals surface area contributed by atoms with Crippen LogP contribution in [-0.2, 0) is 36.8 Å². The van der Waals surface area contributed by atoms with Gasteiger partial charge in [-0.15, -0.1) is 11.8 Å². The Morgan fingerprint density at radius 3 is 2.85 bits per heavy atom. The molecule has 2 heterocycles. The summed E-state index contributed by atoms with van der Waals surface area (Å²) in [4.78, 5) is 40.4. The van der Waals surface area contributed by atoms with Gasteiger partial charge in [0.1, 0.15) is 19.0 Å². The van der Waals surface area contributed by atoms with Crippen molar-refractivity contribution in [2.75, 3.05) is 51.8 Å². The maximum Gasteiger partial charge on any atom is 0.374 e. The van der Waals surface area contributed by atoms with Gasteiger partial charge >= 0.3 is 5.97 Å². The molecule has 1 aliphatic heterocycles. The van der Waals surface area contributed by atoms with E-state index in [-0.39, 0.29) is 49.5 Å². The fraction of sp³-hybridized carbons (Fsp3) is 0.552. The topological polar surface area (TPSA) is 116 Å². The van der Waals surface area contributed by atoms with E-state index in [0.29, 0.717) is 31.3 Å². The number of fused-ring (bicyclic) bond motifs is 1. The second-order valence-corrected chi connectivity index (χ2v) is 11.3. The van der Waals surface area contributed by atoms with E-state index in [1.54, 1.807) is 23.9 Å². The lowest BCUT2D eigenvalue weighted by Crippen LogP contribution is -2.38. The molecular weight excluding hydrogens is 522 g/mol. The summed E-state index contributed by atoms with van der Waals surface area (Å²) in [5.41, 5.74) is 2.12. The fourth-order valence-electron chi connectivity index (χ4n) is 5.43. The fourth-order valence-corrected chi connectivity index (χ4v) is 6.78. The van der Waals surface area contributed by atoms with E-state index in [9.17, 15) is 19.5 Å². The summed E-state index contributed by atoms with van der Waals surface area (Å²) in [6, 6.07) is 9.17. The second kappa shape index (κ2) is 13.2. The minimum absolute atomic E-state index is 0.118. The molecule has 2 aromatic rings. The lowest BCUT2D eigenvalue weighted by atomic mass is 9.89. The predicted octanol–water partition coefficient (Wildman–Crippen LogP) is 3.22. The molecule has 1 N–H and O–H groups in total. The Hall–Kier alpha value is -2.50. The smallest absolute Gasteiger partial charge is 0.374 e. The minimum Gasteiger partial charge on any atom is -0.458 e. The summed E-state index contributed by atoms with van der Waals surface area (Å²) in [5, 5.41) is 10.3. The van der Waals surface area contributed by atoms with Crippen molar-refractivity contribution in [3.63, 3.8) is 0 Å². The van der Waals surface area contributed by atoms with Crippen LogP contribution in [0.1, 0.15) is 52.8 Å². The highest BCUT2D eigenvalue weighted by atomic mass is 32.2. The Labute approximate surface area is 232 Å². The number of hydrogen-bond donors (Lipinski definition) is 1. The van der Waals surface area contributed by atoms with Gasteiger partial charge in [-0.05, 0) is 48.6 Å². The van der Waals surface area contributed by atoms with Crippen molar-refractivity contribution < 1.29 is 38.1 Å². The molecule has 1 aromatic carbocycles. The number of ketones is 2. The van der Waals surface area contributed by atoms with E-state index >= 15 is 0 Å². The highest BCUT2D eigenvalue weighted by molar-refractivity contribution is 7.99. The quantitative estimate of drug-likeness (QED) is 0.251. The molecule has 1 aromatic heterocycles. The summed E-state index contributed by atoms with van der Waals surface area (Å²) >= 11 is 1.58. The van der Waals surface area contributed by atoms with Gasteiger partial charge in [-0.25, -0.2) is 4.79 Å². The summed E-state index contributed by atoms with van der Waals surface area (Å²) < 4.78 is 22.1. The van der Waals surface area contributed by atoms with E-state index in [4.69, 9.17) is 18.6 Å². The second-order valence-electron chi connectivity index (χ2n) is 10.3. The van der Waals surface area contributed by atoms with Crippen molar-refractivity contribution in [2.45, 2.75) is 43.3 Å². The van der Waals surface area contributed by atoms with Crippen molar-refractivity contribution in [3.05, 3.63) is 53.0 Å². The number of morpholine rings is 1. The first-order valence-electron chi connectivity index (χ1n) is 13.6. The van der Waals surface area contributed by atoms with E-state index < -0.39 is 18.0 Å². The first kappa shape index (κ1) is 28.0. The number of benzene rings is 1. The van der Waals surface area contributed by atoms with Crippen LogP contribution in [0.5, 0.6) is 0 Å². The van der Waals surface area contributed by atoms with Crippen LogP contribution in [0.25, 0.3) is 0 Å². The molecule has 0 bridgehead atoms. The van der Waals surface area contributed by atoms with Gasteiger partial charge in [-0.2, -0.15) is 0 Å². The molecular formula is C29H35NO8S. The van der Waals surface area contributed by atoms with E-state index in [2.05, 4.69) is 4.90 Å². The van der Waals surface area contributed by atoms with Gasteiger partial charge in [0.25, 0.3) is 0 Å². The van der Waals surface area contributed by atoms with Crippen molar-refractivity contribution >= 4 is 29.3 Å². The average molecular weight is 558 g/mol. The Bertz CT molecular complexity index is 1170. The first-order chi connectivity index (χ1) is 19.0. The number of aliphatic hydroxyl groups is 1. The minimum atomic E-state index is -0.519. The van der Waals surface area contributed by atoms with Gasteiger partial charge in [0, 0.05) is 48.5 Å². The molecule has 39 heavy (non-hydrogen) atoms. The predicted molar refractivity (Wildman–Crippen MR) is 143 cm³/mol. The summed E-state index contributed by atoms with van der Waals surface area (Å²) in [7, 11) is 0. The van der Waals surface area contributed by atoms with Crippen LogP contribution in [0, 0.1) is 11.8 Å². The largest absolute Gasteiger partial charge is 0.458 e. The van der Waals surface area contributed by atoms with Gasteiger partial charge in [0.15, 0.2) is 5.78 Å². The number of thioether (sulfide) groups is 1. The van der Waals surface area contributed by atoms with Gasteiger partial charge in [-0.3, -0.25) is 14.5 Å². The number of esters is 1. The van der Waals surface area contributed by atoms with Crippen LogP contribution in [0.2, 0.25) is 0 Å². The maximum absolute atomic E-state index is 12.6. The standard InChI is InChI=1S/C29H35NO8S/c31-24-5-1-4-22-21(24)3-2-6-27(22)39-18-23-19(15-25(32)28(23)33)16-36-17-20-7-8-26(38-20)29(34)37-14-11-30-9-12-35-13-10-30/h2-3,6-8,19,23-24,31H,1,4-5,9-18H2/t19-,23-,24?/m1/s1. The highest BCUT2D eigenvalue weighted by Gasteiger charge is 2.41. The Balaban J connectivity index is 1.09. The molecule has 3 aliphatic rings. The van der Waals surface area contributed by atoms with Crippen LogP contribution in [0.15, 0.2) is 39.6 Å². The summed E-state index contributed by atoms with van der Waals surface area (Å²) in [6.07, 6.45) is 2.35. The number of carbonyl (C=O) groups is 3. The molecule has 9 nitrogen and oxygen atoms in total. The number of furan rings is 1. The lowest BCUT2D eigenvalue weighted by Gasteiger charge is -2.25. The van der Waals surface area contributed by atoms with E-state index in [1.807, 2.05) is 18.2 Å². The molecule has 1 saturated carbocycles. The van der Waals surface area contributed by atoms with Gasteiger partial charge in [0.05, 0.1) is 25.9 Å². The number of rotatable bonds is 11. The maximum atomic E-state index is 12.6. The number of hydrogen-bond acceptors (Lipinski definition) is 10. The zero-order valence-corrected chi connectivity index (χ0v) is 22.8. The normalized spacial score (nSPS) is 23.7. The van der Waals surface area contributed by atoms with Crippen molar-refractivity contribution in [3.8, 4) is 0 Å². The number of nitrogens with zero attached hydrogens (tertiary/aromatic N) is 1. The molecule has 0 amide bonds. The van der Waals surface area contributed by atoms with Crippen molar-refractivity contribution in [1.29, 1.82) is 0 Å². The third-order valence-electron chi connectivity index (χ3n) is 7.66. The van der Waals surface area contributed by atoms with Gasteiger partial charge in [0.2, 0.25) is 11.5 Å². The SMILES string of the molecule is O=C1C[C@H](COCc2ccc(C(=O)OCCN3CCOCC3)o2)[C@@H](CSc2cccc3c2CCCC3O)C1=O. The third-order valence-corrected chi connectivity index (χ3v) is 8.88. The van der Waals surface area contributed by atoms with Crippen LogP contribution in [0.3, 0.4) is 0 Å². The number of Topliss-reactive ketones (excluding diaryl/α,β-unsaturated/α-hetero) is 2. The number of ether oxygens (including phenoxy) is 3. The van der Waals surface area contributed by atoms with Gasteiger partial charge in [-0.1, -0.05) is 12.1 Å². The van der Waals surface area contributed by atoms with Crippen LogP contribution in [0.4, 0.5) is 0 Å². The van der Waals surface area contributed by atoms with Crippen molar-refractivity contribution in [1.82, 2.24) is 4.90 Å². The zero-order chi connectivity index (χ0) is 27.2. The summed E-state index contributed by atoms with van der Waals surface area (Å²) in [6.45, 7) is 4.35. The Morgan fingerprint density at radius 2 is 2.00 bits per heavy atom.